The fraction of sp³-hybridized carbons (Fsp3) is 0.188. The van der Waals surface area contributed by atoms with Crippen molar-refractivity contribution in [3.05, 3.63) is 59.5 Å². The maximum Gasteiger partial charge on any atom is 0.342 e. The number of hydrogen-bond acceptors (Lipinski definition) is 5. The van der Waals surface area contributed by atoms with E-state index in [1.807, 2.05) is 0 Å². The molecular weight excluding hydrogens is 300 g/mol. The maximum atomic E-state index is 12.2. The number of furan rings is 1. The van der Waals surface area contributed by atoms with Crippen molar-refractivity contribution >= 4 is 17.9 Å². The number of hydrogen-bond donors (Lipinski definition) is 2. The molecule has 0 spiro atoms. The number of ether oxygens (including phenoxy) is 1. The SMILES string of the molecule is CNC(=O)NC(=O)[C@@H](OC(=O)c1ccoc1C)c1ccccc1. The van der Waals surface area contributed by atoms with Crippen molar-refractivity contribution in [3.8, 4) is 0 Å². The van der Waals surface area contributed by atoms with E-state index in [4.69, 9.17) is 9.15 Å². The fourth-order valence-electron chi connectivity index (χ4n) is 1.91. The lowest BCUT2D eigenvalue weighted by atomic mass is 10.1. The second-order valence-corrected chi connectivity index (χ2v) is 4.65. The third-order valence-corrected chi connectivity index (χ3v) is 3.11. The summed E-state index contributed by atoms with van der Waals surface area (Å²) in [5.41, 5.74) is 0.669. The van der Waals surface area contributed by atoms with Crippen molar-refractivity contribution in [1.29, 1.82) is 0 Å². The van der Waals surface area contributed by atoms with Crippen LogP contribution in [0.25, 0.3) is 0 Å². The first-order valence-electron chi connectivity index (χ1n) is 6.85. The van der Waals surface area contributed by atoms with Gasteiger partial charge in [-0.25, -0.2) is 9.59 Å². The molecule has 3 amide bonds. The molecule has 0 unspecified atom stereocenters. The Morgan fingerprint density at radius 1 is 1.13 bits per heavy atom. The van der Waals surface area contributed by atoms with Crippen LogP contribution in [0.4, 0.5) is 4.79 Å². The molecule has 7 nitrogen and oxygen atoms in total. The van der Waals surface area contributed by atoms with E-state index in [1.165, 1.54) is 19.4 Å². The summed E-state index contributed by atoms with van der Waals surface area (Å²) in [5.74, 6) is -1.07. The molecule has 2 N–H and O–H groups in total. The second kappa shape index (κ2) is 7.26. The lowest BCUT2D eigenvalue weighted by Crippen LogP contribution is -2.41. The number of carbonyl (C=O) groups is 3. The van der Waals surface area contributed by atoms with Crippen molar-refractivity contribution < 1.29 is 23.5 Å². The zero-order valence-corrected chi connectivity index (χ0v) is 12.7. The molecule has 0 radical (unpaired) electrons. The van der Waals surface area contributed by atoms with E-state index in [0.29, 0.717) is 11.3 Å². The van der Waals surface area contributed by atoms with Gasteiger partial charge in [-0.2, -0.15) is 0 Å². The second-order valence-electron chi connectivity index (χ2n) is 4.65. The number of rotatable bonds is 4. The Morgan fingerprint density at radius 3 is 2.39 bits per heavy atom. The van der Waals surface area contributed by atoms with Crippen LogP contribution in [0.15, 0.2) is 47.1 Å². The molecule has 0 saturated carbocycles. The summed E-state index contributed by atoms with van der Waals surface area (Å²) in [6, 6.07) is 9.19. The Kier molecular flexibility index (Phi) is 5.14. The van der Waals surface area contributed by atoms with Gasteiger partial charge >= 0.3 is 12.0 Å². The Labute approximate surface area is 132 Å². The van der Waals surface area contributed by atoms with E-state index in [0.717, 1.165) is 0 Å². The van der Waals surface area contributed by atoms with Crippen LogP contribution in [0.5, 0.6) is 0 Å². The van der Waals surface area contributed by atoms with Crippen LogP contribution in [-0.2, 0) is 9.53 Å². The molecule has 1 atom stereocenters. The van der Waals surface area contributed by atoms with Crippen molar-refractivity contribution in [2.45, 2.75) is 13.0 Å². The Morgan fingerprint density at radius 2 is 1.83 bits per heavy atom. The van der Waals surface area contributed by atoms with E-state index in [2.05, 4.69) is 10.6 Å². The average Bonchev–Trinajstić information content (AvgIpc) is 2.99. The molecule has 1 aromatic heterocycles. The van der Waals surface area contributed by atoms with Gasteiger partial charge in [0, 0.05) is 12.6 Å². The van der Waals surface area contributed by atoms with Gasteiger partial charge in [-0.15, -0.1) is 0 Å². The summed E-state index contributed by atoms with van der Waals surface area (Å²) in [4.78, 5) is 35.8. The van der Waals surface area contributed by atoms with Gasteiger partial charge in [-0.3, -0.25) is 10.1 Å². The highest BCUT2D eigenvalue weighted by Crippen LogP contribution is 2.21. The van der Waals surface area contributed by atoms with E-state index in [1.54, 1.807) is 37.3 Å². The molecule has 0 saturated heterocycles. The van der Waals surface area contributed by atoms with Gasteiger partial charge in [-0.05, 0) is 13.0 Å². The zero-order valence-electron chi connectivity index (χ0n) is 12.7. The minimum Gasteiger partial charge on any atom is -0.469 e. The predicted molar refractivity (Wildman–Crippen MR) is 80.6 cm³/mol. The molecular formula is C16H16N2O5. The molecule has 23 heavy (non-hydrogen) atoms. The molecule has 7 heteroatoms. The number of benzene rings is 1. The topological polar surface area (TPSA) is 97.6 Å². The van der Waals surface area contributed by atoms with Crippen LogP contribution in [0.2, 0.25) is 0 Å². The Balaban J connectivity index is 2.23. The minimum absolute atomic E-state index is 0.221. The molecule has 1 heterocycles. The maximum absolute atomic E-state index is 12.2. The highest BCUT2D eigenvalue weighted by molar-refractivity contribution is 5.99. The van der Waals surface area contributed by atoms with Crippen molar-refractivity contribution in [3.63, 3.8) is 0 Å². The first kappa shape index (κ1) is 16.3. The van der Waals surface area contributed by atoms with Gasteiger partial charge in [0.15, 0.2) is 0 Å². The first-order chi connectivity index (χ1) is 11.0. The summed E-state index contributed by atoms with van der Waals surface area (Å²) in [6.45, 7) is 1.61. The summed E-state index contributed by atoms with van der Waals surface area (Å²) in [7, 11) is 1.38. The fourth-order valence-corrected chi connectivity index (χ4v) is 1.91. The average molecular weight is 316 g/mol. The van der Waals surface area contributed by atoms with Crippen LogP contribution >= 0.6 is 0 Å². The molecule has 0 aliphatic rings. The van der Waals surface area contributed by atoms with Crippen LogP contribution in [-0.4, -0.2) is 25.0 Å². The summed E-state index contributed by atoms with van der Waals surface area (Å²) in [6.07, 6.45) is 0.101. The predicted octanol–water partition coefficient (Wildman–Crippen LogP) is 1.94. The third-order valence-electron chi connectivity index (χ3n) is 3.11. The molecule has 2 aromatic rings. The normalized spacial score (nSPS) is 11.4. The Hall–Kier alpha value is -3.09. The molecule has 0 aliphatic carbocycles. The first-order valence-corrected chi connectivity index (χ1v) is 6.85. The number of carbonyl (C=O) groups excluding carboxylic acids is 3. The zero-order chi connectivity index (χ0) is 16.8. The lowest BCUT2D eigenvalue weighted by molar-refractivity contribution is -0.129. The Bertz CT molecular complexity index is 708. The van der Waals surface area contributed by atoms with Crippen molar-refractivity contribution in [2.24, 2.45) is 0 Å². The monoisotopic (exact) mass is 316 g/mol. The van der Waals surface area contributed by atoms with Gasteiger partial charge < -0.3 is 14.5 Å². The number of imide groups is 1. The van der Waals surface area contributed by atoms with Crippen LogP contribution in [0, 0.1) is 6.92 Å². The third kappa shape index (κ3) is 3.97. The summed E-state index contributed by atoms with van der Waals surface area (Å²) >= 11 is 0. The minimum atomic E-state index is -1.25. The number of urea groups is 1. The lowest BCUT2D eigenvalue weighted by Gasteiger charge is -2.17. The van der Waals surface area contributed by atoms with E-state index >= 15 is 0 Å². The number of amides is 3. The van der Waals surface area contributed by atoms with Crippen molar-refractivity contribution in [1.82, 2.24) is 10.6 Å². The van der Waals surface area contributed by atoms with Crippen LogP contribution in [0.1, 0.15) is 27.8 Å². The van der Waals surface area contributed by atoms with E-state index in [9.17, 15) is 14.4 Å². The smallest absolute Gasteiger partial charge is 0.342 e. The van der Waals surface area contributed by atoms with Crippen molar-refractivity contribution in [2.75, 3.05) is 7.05 Å². The van der Waals surface area contributed by atoms with Gasteiger partial charge in [0.25, 0.3) is 5.91 Å². The highest BCUT2D eigenvalue weighted by Gasteiger charge is 2.27. The summed E-state index contributed by atoms with van der Waals surface area (Å²) < 4.78 is 10.3. The highest BCUT2D eigenvalue weighted by atomic mass is 16.5. The van der Waals surface area contributed by atoms with Gasteiger partial charge in [0.1, 0.15) is 11.3 Å². The number of esters is 1. The quantitative estimate of drug-likeness (QED) is 0.840. The summed E-state index contributed by atoms with van der Waals surface area (Å²) in [5, 5.41) is 4.37. The van der Waals surface area contributed by atoms with Crippen LogP contribution < -0.4 is 10.6 Å². The van der Waals surface area contributed by atoms with Gasteiger partial charge in [-0.1, -0.05) is 30.3 Å². The van der Waals surface area contributed by atoms with Gasteiger partial charge in [0.2, 0.25) is 6.10 Å². The standard InChI is InChI=1S/C16H16N2O5/c1-10-12(8-9-22-10)15(20)23-13(11-6-4-3-5-7-11)14(19)18-16(21)17-2/h3-9,13H,1-2H3,(H2,17,18,19,21)/t13-/m0/s1. The number of aryl methyl sites for hydroxylation is 1. The molecule has 0 bridgehead atoms. The van der Waals surface area contributed by atoms with E-state index < -0.39 is 24.0 Å². The molecule has 1 aromatic carbocycles. The molecule has 120 valence electrons. The van der Waals surface area contributed by atoms with E-state index in [-0.39, 0.29) is 5.56 Å². The number of nitrogens with one attached hydrogen (secondary N) is 2. The van der Waals surface area contributed by atoms with Gasteiger partial charge in [0.05, 0.1) is 6.26 Å². The molecule has 0 aliphatic heterocycles. The molecule has 2 rings (SSSR count). The molecule has 0 fully saturated rings. The largest absolute Gasteiger partial charge is 0.469 e. The van der Waals surface area contributed by atoms with Crippen LogP contribution in [0.3, 0.4) is 0 Å².